The molecule has 1 aromatic heterocycles. The first-order valence-corrected chi connectivity index (χ1v) is 8.21. The van der Waals surface area contributed by atoms with E-state index < -0.39 is 0 Å². The molecule has 1 aliphatic heterocycles. The fourth-order valence-electron chi connectivity index (χ4n) is 2.92. The maximum Gasteiger partial charge on any atom is 0.0858 e. The van der Waals surface area contributed by atoms with Crippen molar-refractivity contribution in [2.75, 3.05) is 33.3 Å². The lowest BCUT2D eigenvalue weighted by atomic mass is 10.0. The molecule has 118 valence electrons. The van der Waals surface area contributed by atoms with Crippen LogP contribution in [0.3, 0.4) is 0 Å². The number of nitrogens with one attached hydrogen (secondary N) is 1. The van der Waals surface area contributed by atoms with Crippen LogP contribution in [0.1, 0.15) is 31.5 Å². The molecule has 2 unspecified atom stereocenters. The van der Waals surface area contributed by atoms with E-state index in [2.05, 4.69) is 41.2 Å². The highest BCUT2D eigenvalue weighted by atomic mass is 16.5. The zero-order valence-corrected chi connectivity index (χ0v) is 13.6. The van der Waals surface area contributed by atoms with Gasteiger partial charge in [0.2, 0.25) is 0 Å². The van der Waals surface area contributed by atoms with Gasteiger partial charge in [0, 0.05) is 37.4 Å². The fourth-order valence-corrected chi connectivity index (χ4v) is 2.92. The van der Waals surface area contributed by atoms with Crippen molar-refractivity contribution in [2.24, 2.45) is 0 Å². The lowest BCUT2D eigenvalue weighted by Crippen LogP contribution is -2.52. The van der Waals surface area contributed by atoms with E-state index in [0.29, 0.717) is 6.04 Å². The van der Waals surface area contributed by atoms with Crippen LogP contribution in [0.2, 0.25) is 0 Å². The standard InChI is InChI=1S/C17H29N3O/c1-4-8-20-9-10-21-17(13-20)16(18-3)11-15-7-6-14(5-2)12-19-15/h6-7,12,16-18H,4-5,8-11,13H2,1-3H3. The molecule has 0 aliphatic carbocycles. The van der Waals surface area contributed by atoms with Gasteiger partial charge in [0.15, 0.2) is 0 Å². The Morgan fingerprint density at radius 2 is 2.29 bits per heavy atom. The Morgan fingerprint density at radius 1 is 1.43 bits per heavy atom. The third-order valence-electron chi connectivity index (χ3n) is 4.26. The predicted molar refractivity (Wildman–Crippen MR) is 86.6 cm³/mol. The summed E-state index contributed by atoms with van der Waals surface area (Å²) in [6.07, 6.45) is 5.42. The van der Waals surface area contributed by atoms with Crippen LogP contribution in [-0.2, 0) is 17.6 Å². The van der Waals surface area contributed by atoms with Crippen LogP contribution in [0.15, 0.2) is 18.3 Å². The Labute approximate surface area is 128 Å². The van der Waals surface area contributed by atoms with Crippen LogP contribution >= 0.6 is 0 Å². The molecule has 1 fully saturated rings. The Hall–Kier alpha value is -0.970. The predicted octanol–water partition coefficient (Wildman–Crippen LogP) is 1.89. The summed E-state index contributed by atoms with van der Waals surface area (Å²) in [5.41, 5.74) is 2.44. The third-order valence-corrected chi connectivity index (χ3v) is 4.26. The van der Waals surface area contributed by atoms with Gasteiger partial charge in [0.1, 0.15) is 0 Å². The molecule has 0 radical (unpaired) electrons. The average Bonchev–Trinajstić information content (AvgIpc) is 2.54. The summed E-state index contributed by atoms with van der Waals surface area (Å²) >= 11 is 0. The SMILES string of the molecule is CCCN1CCOC(C(Cc2ccc(CC)cn2)NC)C1. The molecule has 1 saturated heterocycles. The summed E-state index contributed by atoms with van der Waals surface area (Å²) in [4.78, 5) is 7.08. The van der Waals surface area contributed by atoms with Crippen molar-refractivity contribution in [1.29, 1.82) is 0 Å². The van der Waals surface area contributed by atoms with Crippen molar-refractivity contribution in [3.05, 3.63) is 29.6 Å². The number of nitrogens with zero attached hydrogens (tertiary/aromatic N) is 2. The van der Waals surface area contributed by atoms with Gasteiger partial charge in [0.25, 0.3) is 0 Å². The van der Waals surface area contributed by atoms with E-state index in [1.807, 2.05) is 13.2 Å². The van der Waals surface area contributed by atoms with Crippen molar-refractivity contribution in [3.63, 3.8) is 0 Å². The molecule has 1 aliphatic rings. The second-order valence-electron chi connectivity index (χ2n) is 5.82. The Kier molecular flexibility index (Phi) is 6.61. The van der Waals surface area contributed by atoms with E-state index in [1.54, 1.807) is 0 Å². The van der Waals surface area contributed by atoms with Gasteiger partial charge in [-0.3, -0.25) is 9.88 Å². The second kappa shape index (κ2) is 8.47. The topological polar surface area (TPSA) is 37.4 Å². The van der Waals surface area contributed by atoms with Crippen molar-refractivity contribution < 1.29 is 4.74 Å². The molecule has 0 aromatic carbocycles. The first kappa shape index (κ1) is 16.4. The zero-order chi connectivity index (χ0) is 15.1. The van der Waals surface area contributed by atoms with Gasteiger partial charge in [-0.05, 0) is 38.1 Å². The summed E-state index contributed by atoms with van der Waals surface area (Å²) in [5.74, 6) is 0. The van der Waals surface area contributed by atoms with Gasteiger partial charge >= 0.3 is 0 Å². The third kappa shape index (κ3) is 4.77. The molecular weight excluding hydrogens is 262 g/mol. The minimum Gasteiger partial charge on any atom is -0.374 e. The molecule has 4 nitrogen and oxygen atoms in total. The minimum atomic E-state index is 0.253. The number of likely N-dealkylation sites (N-methyl/N-ethyl adjacent to an activating group) is 1. The van der Waals surface area contributed by atoms with E-state index >= 15 is 0 Å². The van der Waals surface area contributed by atoms with E-state index in [-0.39, 0.29) is 6.10 Å². The molecule has 0 saturated carbocycles. The summed E-state index contributed by atoms with van der Waals surface area (Å²) in [5, 5.41) is 3.42. The maximum absolute atomic E-state index is 5.99. The van der Waals surface area contributed by atoms with Crippen LogP contribution in [-0.4, -0.2) is 55.3 Å². The number of rotatable bonds is 7. The highest BCUT2D eigenvalue weighted by Crippen LogP contribution is 2.13. The molecule has 0 amide bonds. The lowest BCUT2D eigenvalue weighted by Gasteiger charge is -2.36. The number of aromatic nitrogens is 1. The van der Waals surface area contributed by atoms with Crippen molar-refractivity contribution >= 4 is 0 Å². The van der Waals surface area contributed by atoms with Gasteiger partial charge < -0.3 is 10.1 Å². The monoisotopic (exact) mass is 291 g/mol. The molecule has 0 spiro atoms. The molecule has 1 aromatic rings. The van der Waals surface area contributed by atoms with Gasteiger partial charge in [-0.1, -0.05) is 19.9 Å². The van der Waals surface area contributed by atoms with Gasteiger partial charge in [-0.15, -0.1) is 0 Å². The van der Waals surface area contributed by atoms with Gasteiger partial charge in [0.05, 0.1) is 12.7 Å². The Morgan fingerprint density at radius 3 is 2.90 bits per heavy atom. The highest BCUT2D eigenvalue weighted by Gasteiger charge is 2.27. The Balaban J connectivity index is 1.94. The summed E-state index contributed by atoms with van der Waals surface area (Å²) in [6, 6.07) is 4.65. The van der Waals surface area contributed by atoms with Gasteiger partial charge in [-0.25, -0.2) is 0 Å². The molecule has 0 bridgehead atoms. The number of aryl methyl sites for hydroxylation is 1. The normalized spacial score (nSPS) is 21.4. The number of hydrogen-bond donors (Lipinski definition) is 1. The first-order chi connectivity index (χ1) is 10.3. The molecule has 2 heterocycles. The van der Waals surface area contributed by atoms with E-state index in [1.165, 1.54) is 18.5 Å². The van der Waals surface area contributed by atoms with E-state index in [0.717, 1.165) is 38.2 Å². The minimum absolute atomic E-state index is 0.253. The van der Waals surface area contributed by atoms with Crippen LogP contribution in [0.5, 0.6) is 0 Å². The summed E-state index contributed by atoms with van der Waals surface area (Å²) < 4.78 is 5.99. The molecule has 2 atom stereocenters. The smallest absolute Gasteiger partial charge is 0.0858 e. The first-order valence-electron chi connectivity index (χ1n) is 8.21. The maximum atomic E-state index is 5.99. The molecular formula is C17H29N3O. The number of pyridine rings is 1. The van der Waals surface area contributed by atoms with Crippen LogP contribution < -0.4 is 5.32 Å². The lowest BCUT2D eigenvalue weighted by molar-refractivity contribution is -0.0452. The van der Waals surface area contributed by atoms with E-state index in [4.69, 9.17) is 4.74 Å². The number of hydrogen-bond acceptors (Lipinski definition) is 4. The number of morpholine rings is 1. The molecule has 21 heavy (non-hydrogen) atoms. The van der Waals surface area contributed by atoms with Crippen LogP contribution in [0.25, 0.3) is 0 Å². The fraction of sp³-hybridized carbons (Fsp3) is 0.706. The number of ether oxygens (including phenoxy) is 1. The largest absolute Gasteiger partial charge is 0.374 e. The molecule has 2 rings (SSSR count). The van der Waals surface area contributed by atoms with Crippen molar-refractivity contribution in [1.82, 2.24) is 15.2 Å². The van der Waals surface area contributed by atoms with E-state index in [9.17, 15) is 0 Å². The van der Waals surface area contributed by atoms with Crippen molar-refractivity contribution in [2.45, 2.75) is 45.3 Å². The molecule has 4 heteroatoms. The zero-order valence-electron chi connectivity index (χ0n) is 13.6. The van der Waals surface area contributed by atoms with Gasteiger partial charge in [-0.2, -0.15) is 0 Å². The summed E-state index contributed by atoms with van der Waals surface area (Å²) in [6.45, 7) is 8.48. The van der Waals surface area contributed by atoms with Crippen LogP contribution in [0, 0.1) is 0 Å². The summed E-state index contributed by atoms with van der Waals surface area (Å²) in [7, 11) is 2.02. The molecule has 1 N–H and O–H groups in total. The Bertz CT molecular complexity index is 405. The quantitative estimate of drug-likeness (QED) is 0.832. The second-order valence-corrected chi connectivity index (χ2v) is 5.82. The average molecular weight is 291 g/mol. The highest BCUT2D eigenvalue weighted by molar-refractivity contribution is 5.15. The van der Waals surface area contributed by atoms with Crippen molar-refractivity contribution in [3.8, 4) is 0 Å². The van der Waals surface area contributed by atoms with Crippen LogP contribution in [0.4, 0.5) is 0 Å².